The summed E-state index contributed by atoms with van der Waals surface area (Å²) < 4.78 is 38.1. The number of aromatic nitrogens is 3. The van der Waals surface area contributed by atoms with Crippen molar-refractivity contribution in [2.75, 3.05) is 23.8 Å². The van der Waals surface area contributed by atoms with Crippen molar-refractivity contribution < 1.29 is 23.4 Å². The van der Waals surface area contributed by atoms with Gasteiger partial charge in [-0.25, -0.2) is 0 Å². The molecule has 0 spiro atoms. The highest BCUT2D eigenvalue weighted by Gasteiger charge is 2.30. The van der Waals surface area contributed by atoms with E-state index in [1.165, 1.54) is 12.1 Å². The highest BCUT2D eigenvalue weighted by Crippen LogP contribution is 2.31. The van der Waals surface area contributed by atoms with Gasteiger partial charge in [0.2, 0.25) is 17.2 Å². The van der Waals surface area contributed by atoms with Crippen molar-refractivity contribution >= 4 is 29.2 Å². The van der Waals surface area contributed by atoms with Gasteiger partial charge in [-0.1, -0.05) is 6.07 Å². The van der Waals surface area contributed by atoms with Gasteiger partial charge in [0.15, 0.2) is 0 Å². The molecule has 0 aliphatic rings. The van der Waals surface area contributed by atoms with Crippen LogP contribution in [0, 0.1) is 0 Å². The summed E-state index contributed by atoms with van der Waals surface area (Å²) in [7, 11) is 0. The number of nitrogens with one attached hydrogen (secondary N) is 2. The molecule has 2 rings (SSSR count). The smallest absolute Gasteiger partial charge is 0.394 e. The first-order valence-corrected chi connectivity index (χ1v) is 7.04. The number of rotatable bonds is 6. The molecular formula is C13H13ClF3N5O2. The summed E-state index contributed by atoms with van der Waals surface area (Å²) in [5, 5.41) is 23.0. The van der Waals surface area contributed by atoms with Crippen LogP contribution >= 0.6 is 11.6 Å². The molecular weight excluding hydrogens is 351 g/mol. The van der Waals surface area contributed by atoms with Crippen molar-refractivity contribution in [2.24, 2.45) is 0 Å². The molecule has 1 aromatic carbocycles. The zero-order valence-corrected chi connectivity index (χ0v) is 12.8. The number of hydrogen-bond donors (Lipinski definition) is 4. The molecule has 0 aliphatic carbocycles. The van der Waals surface area contributed by atoms with Crippen molar-refractivity contribution in [1.82, 2.24) is 15.0 Å². The molecule has 0 fully saturated rings. The van der Waals surface area contributed by atoms with E-state index in [9.17, 15) is 18.3 Å². The van der Waals surface area contributed by atoms with E-state index in [4.69, 9.17) is 16.7 Å². The van der Waals surface area contributed by atoms with Crippen LogP contribution in [0.25, 0.3) is 0 Å². The van der Waals surface area contributed by atoms with Gasteiger partial charge >= 0.3 is 6.18 Å². The number of alkyl halides is 3. The number of benzene rings is 1. The third-order valence-electron chi connectivity index (χ3n) is 2.76. The fourth-order valence-corrected chi connectivity index (χ4v) is 1.82. The first-order valence-electron chi connectivity index (χ1n) is 6.66. The van der Waals surface area contributed by atoms with E-state index >= 15 is 0 Å². The van der Waals surface area contributed by atoms with Crippen molar-refractivity contribution in [3.63, 3.8) is 0 Å². The fraction of sp³-hybridized carbons (Fsp3) is 0.308. The summed E-state index contributed by atoms with van der Waals surface area (Å²) in [6.07, 6.45) is -5.50. The van der Waals surface area contributed by atoms with E-state index < -0.39 is 24.5 Å². The van der Waals surface area contributed by atoms with Crippen LogP contribution in [0.4, 0.5) is 30.8 Å². The third kappa shape index (κ3) is 5.18. The normalized spacial score (nSPS) is 12.8. The molecule has 24 heavy (non-hydrogen) atoms. The van der Waals surface area contributed by atoms with Crippen molar-refractivity contribution in [1.29, 1.82) is 0 Å². The second-order valence-electron chi connectivity index (χ2n) is 4.67. The van der Waals surface area contributed by atoms with Gasteiger partial charge in [-0.2, -0.15) is 28.1 Å². The number of nitrogens with zero attached hydrogens (tertiary/aromatic N) is 3. The molecule has 0 aliphatic heterocycles. The quantitative estimate of drug-likeness (QED) is 0.622. The van der Waals surface area contributed by atoms with Crippen LogP contribution in [-0.2, 0) is 6.18 Å². The highest BCUT2D eigenvalue weighted by molar-refractivity contribution is 6.28. The molecule has 1 atom stereocenters. The second-order valence-corrected chi connectivity index (χ2v) is 5.01. The van der Waals surface area contributed by atoms with Gasteiger partial charge in [0.25, 0.3) is 0 Å². The van der Waals surface area contributed by atoms with Crippen LogP contribution in [-0.4, -0.2) is 44.4 Å². The molecule has 4 N–H and O–H groups in total. The molecule has 0 radical (unpaired) electrons. The summed E-state index contributed by atoms with van der Waals surface area (Å²) in [6.45, 7) is -0.499. The fourth-order valence-electron chi connectivity index (χ4n) is 1.66. The van der Waals surface area contributed by atoms with E-state index in [1.54, 1.807) is 0 Å². The molecule has 0 amide bonds. The maximum atomic E-state index is 12.7. The molecule has 0 unspecified atom stereocenters. The van der Waals surface area contributed by atoms with E-state index in [1.807, 2.05) is 0 Å². The summed E-state index contributed by atoms with van der Waals surface area (Å²) in [4.78, 5) is 11.4. The molecule has 1 aromatic heterocycles. The number of anilines is 3. The lowest BCUT2D eigenvalue weighted by atomic mass is 10.2. The van der Waals surface area contributed by atoms with E-state index in [0.29, 0.717) is 0 Å². The monoisotopic (exact) mass is 363 g/mol. The van der Waals surface area contributed by atoms with Gasteiger partial charge in [0.1, 0.15) is 0 Å². The molecule has 130 valence electrons. The second kappa shape index (κ2) is 7.60. The lowest BCUT2D eigenvalue weighted by Crippen LogP contribution is -2.24. The maximum Gasteiger partial charge on any atom is 0.416 e. The Kier molecular flexibility index (Phi) is 5.75. The summed E-state index contributed by atoms with van der Waals surface area (Å²) in [6, 6.07) is 4.50. The molecule has 2 aromatic rings. The SMILES string of the molecule is OC[C@H](O)CNc1nc(Cl)nc(Nc2cccc(C(F)(F)F)c2)n1. The van der Waals surface area contributed by atoms with Gasteiger partial charge in [0, 0.05) is 12.2 Å². The largest absolute Gasteiger partial charge is 0.416 e. The minimum atomic E-state index is -4.47. The maximum absolute atomic E-state index is 12.7. The van der Waals surface area contributed by atoms with Gasteiger partial charge in [-0.05, 0) is 29.8 Å². The number of aliphatic hydroxyl groups excluding tert-OH is 2. The van der Waals surface area contributed by atoms with E-state index in [-0.39, 0.29) is 29.4 Å². The summed E-state index contributed by atoms with van der Waals surface area (Å²) in [5.41, 5.74) is -0.703. The van der Waals surface area contributed by atoms with Crippen LogP contribution in [0.1, 0.15) is 5.56 Å². The molecule has 1 heterocycles. The predicted molar refractivity (Wildman–Crippen MR) is 81.1 cm³/mol. The Balaban J connectivity index is 2.16. The lowest BCUT2D eigenvalue weighted by molar-refractivity contribution is -0.137. The first-order chi connectivity index (χ1) is 11.3. The van der Waals surface area contributed by atoms with Crippen molar-refractivity contribution in [2.45, 2.75) is 12.3 Å². The molecule has 0 saturated carbocycles. The lowest BCUT2D eigenvalue weighted by Gasteiger charge is -2.11. The molecule has 7 nitrogen and oxygen atoms in total. The van der Waals surface area contributed by atoms with Crippen LogP contribution < -0.4 is 10.6 Å². The van der Waals surface area contributed by atoms with Gasteiger partial charge in [0.05, 0.1) is 18.3 Å². The highest BCUT2D eigenvalue weighted by atomic mass is 35.5. The Morgan fingerprint density at radius 2 is 1.88 bits per heavy atom. The minimum absolute atomic E-state index is 0.00280. The Morgan fingerprint density at radius 3 is 2.54 bits per heavy atom. The van der Waals surface area contributed by atoms with Crippen molar-refractivity contribution in [3.05, 3.63) is 35.1 Å². The summed E-state index contributed by atoms with van der Waals surface area (Å²) in [5.74, 6) is -0.0766. The van der Waals surface area contributed by atoms with Crippen LogP contribution in [0.15, 0.2) is 24.3 Å². The zero-order chi connectivity index (χ0) is 17.7. The first kappa shape index (κ1) is 18.2. The zero-order valence-electron chi connectivity index (χ0n) is 12.0. The van der Waals surface area contributed by atoms with Gasteiger partial charge in [-0.3, -0.25) is 0 Å². The molecule has 0 bridgehead atoms. The van der Waals surface area contributed by atoms with Gasteiger partial charge in [-0.15, -0.1) is 0 Å². The third-order valence-corrected chi connectivity index (χ3v) is 2.93. The average Bonchev–Trinajstić information content (AvgIpc) is 2.51. The van der Waals surface area contributed by atoms with Crippen LogP contribution in [0.5, 0.6) is 0 Å². The Morgan fingerprint density at radius 1 is 1.17 bits per heavy atom. The summed E-state index contributed by atoms with van der Waals surface area (Å²) >= 11 is 5.74. The Hall–Kier alpha value is -2.17. The molecule has 11 heteroatoms. The van der Waals surface area contributed by atoms with Gasteiger partial charge < -0.3 is 20.8 Å². The predicted octanol–water partition coefficient (Wildman–Crippen LogP) is 2.05. The standard InChI is InChI=1S/C13H13ClF3N5O2/c14-10-20-11(18-5-9(24)6-23)22-12(21-10)19-8-3-1-2-7(4-8)13(15,16)17/h1-4,9,23-24H,5-6H2,(H2,18,19,20,21,22)/t9-/m1/s1. The number of hydrogen-bond acceptors (Lipinski definition) is 7. The van der Waals surface area contributed by atoms with Crippen molar-refractivity contribution in [3.8, 4) is 0 Å². The molecule has 0 saturated heterocycles. The average molecular weight is 364 g/mol. The Bertz CT molecular complexity index is 702. The van der Waals surface area contributed by atoms with E-state index in [2.05, 4.69) is 25.6 Å². The number of aliphatic hydroxyl groups is 2. The topological polar surface area (TPSA) is 103 Å². The number of halogens is 4. The van der Waals surface area contributed by atoms with Crippen LogP contribution in [0.2, 0.25) is 5.28 Å². The van der Waals surface area contributed by atoms with Crippen LogP contribution in [0.3, 0.4) is 0 Å². The Labute approximate surface area is 139 Å². The van der Waals surface area contributed by atoms with E-state index in [0.717, 1.165) is 12.1 Å². The minimum Gasteiger partial charge on any atom is -0.394 e.